The summed E-state index contributed by atoms with van der Waals surface area (Å²) in [5, 5.41) is 0.644. The summed E-state index contributed by atoms with van der Waals surface area (Å²) >= 11 is 6.08. The number of carbonyl (C=O) groups excluding carboxylic acids is 1. The number of imidazole rings is 1. The largest absolute Gasteiger partial charge is 1.00 e. The van der Waals surface area contributed by atoms with Crippen LogP contribution in [-0.2, 0) is 13.6 Å². The van der Waals surface area contributed by atoms with Crippen LogP contribution >= 0.6 is 11.6 Å². The van der Waals surface area contributed by atoms with Gasteiger partial charge in [0, 0.05) is 16.1 Å². The third-order valence-electron chi connectivity index (χ3n) is 4.41. The van der Waals surface area contributed by atoms with Crippen molar-refractivity contribution in [3.8, 4) is 22.8 Å². The highest BCUT2D eigenvalue weighted by Gasteiger charge is 2.22. The molecule has 1 aliphatic rings. The summed E-state index contributed by atoms with van der Waals surface area (Å²) < 4.78 is 14.2. The fraction of sp³-hybridized carbons (Fsp3) is 0.158. The number of nitrogens with zero attached hydrogens (tertiary/aromatic N) is 2. The number of fused-ring (bicyclic) bond motifs is 1. The molecule has 0 saturated heterocycles. The topological polar surface area (TPSA) is 70.4 Å². The van der Waals surface area contributed by atoms with Gasteiger partial charge in [0.05, 0.1) is 7.05 Å². The van der Waals surface area contributed by atoms with Gasteiger partial charge in [0.2, 0.25) is 6.79 Å². The molecule has 0 radical (unpaired) electrons. The Hall–Kier alpha value is -2.51. The predicted octanol–water partition coefficient (Wildman–Crippen LogP) is -0.169. The Morgan fingerprint density at radius 1 is 1.22 bits per heavy atom. The Balaban J connectivity index is 0.00000210. The minimum absolute atomic E-state index is 0. The van der Waals surface area contributed by atoms with Crippen molar-refractivity contribution >= 4 is 23.3 Å². The Morgan fingerprint density at radius 3 is 2.78 bits per heavy atom. The van der Waals surface area contributed by atoms with Gasteiger partial charge < -0.3 is 26.5 Å². The smallest absolute Gasteiger partial charge is 0.355 e. The molecule has 8 heteroatoms. The zero-order valence-electron chi connectivity index (χ0n) is 14.5. The molecule has 0 saturated carbocycles. The van der Waals surface area contributed by atoms with E-state index in [0.717, 1.165) is 11.3 Å². The normalized spacial score (nSPS) is 11.9. The van der Waals surface area contributed by atoms with Gasteiger partial charge in [0.15, 0.2) is 17.3 Å². The summed E-state index contributed by atoms with van der Waals surface area (Å²) in [6, 6.07) is 12.7. The quantitative estimate of drug-likeness (QED) is 0.443. The molecular formula is C19H17BrClN3O3. The van der Waals surface area contributed by atoms with Crippen molar-refractivity contribution < 1.29 is 35.8 Å². The molecule has 6 nitrogen and oxygen atoms in total. The van der Waals surface area contributed by atoms with E-state index >= 15 is 0 Å². The van der Waals surface area contributed by atoms with Gasteiger partial charge in [-0.3, -0.25) is 10.5 Å². The molecule has 0 fully saturated rings. The maximum Gasteiger partial charge on any atom is 0.355 e. The Labute approximate surface area is 171 Å². The molecule has 1 aliphatic heterocycles. The molecule has 4 rings (SSSR count). The second-order valence-electron chi connectivity index (χ2n) is 6.06. The van der Waals surface area contributed by atoms with E-state index in [1.54, 1.807) is 22.8 Å². The van der Waals surface area contributed by atoms with E-state index in [2.05, 4.69) is 0 Å². The van der Waals surface area contributed by atoms with Crippen molar-refractivity contribution in [2.45, 2.75) is 6.54 Å². The standard InChI is InChI=1S/C19H16ClN3O3.BrH/c1-22-15(12-3-2-4-14(20)7-12)9-23(19(22)21)10-16(24)13-5-6-17-18(8-13)26-11-25-17;/h2-9,21H,10-11H2,1H3;1H. The lowest BCUT2D eigenvalue weighted by Gasteiger charge is -2.02. The molecule has 0 atom stereocenters. The number of nitrogens with two attached hydrogens (primary N) is 1. The number of aromatic nitrogens is 2. The van der Waals surface area contributed by atoms with Crippen molar-refractivity contribution in [1.82, 2.24) is 4.57 Å². The van der Waals surface area contributed by atoms with Crippen LogP contribution in [0, 0.1) is 0 Å². The van der Waals surface area contributed by atoms with E-state index in [1.165, 1.54) is 0 Å². The number of anilines is 1. The van der Waals surface area contributed by atoms with E-state index in [1.807, 2.05) is 42.1 Å². The fourth-order valence-electron chi connectivity index (χ4n) is 2.98. The monoisotopic (exact) mass is 449 g/mol. The van der Waals surface area contributed by atoms with Crippen LogP contribution in [0.5, 0.6) is 11.5 Å². The first-order chi connectivity index (χ1) is 12.5. The minimum Gasteiger partial charge on any atom is -1.00 e. The van der Waals surface area contributed by atoms with Crippen LogP contribution in [0.2, 0.25) is 5.02 Å². The number of hydrogen-bond acceptors (Lipinski definition) is 4. The molecule has 27 heavy (non-hydrogen) atoms. The van der Waals surface area contributed by atoms with Crippen LogP contribution in [0.1, 0.15) is 10.4 Å². The second-order valence-corrected chi connectivity index (χ2v) is 6.50. The van der Waals surface area contributed by atoms with Crippen LogP contribution < -0.4 is 36.8 Å². The number of halogens is 2. The highest BCUT2D eigenvalue weighted by Crippen LogP contribution is 2.32. The second kappa shape index (κ2) is 7.62. The van der Waals surface area contributed by atoms with E-state index in [-0.39, 0.29) is 36.1 Å². The molecule has 1 aromatic heterocycles. The van der Waals surface area contributed by atoms with Crippen LogP contribution in [0.25, 0.3) is 11.3 Å². The van der Waals surface area contributed by atoms with Crippen LogP contribution in [0.3, 0.4) is 0 Å². The summed E-state index contributed by atoms with van der Waals surface area (Å²) in [5.41, 5.74) is 8.55. The molecule has 2 aromatic carbocycles. The lowest BCUT2D eigenvalue weighted by atomic mass is 10.1. The number of hydrogen-bond donors (Lipinski definition) is 1. The first kappa shape index (κ1) is 19.3. The molecule has 0 bridgehead atoms. The van der Waals surface area contributed by atoms with Crippen LogP contribution in [-0.4, -0.2) is 17.1 Å². The van der Waals surface area contributed by atoms with Crippen molar-refractivity contribution in [3.05, 3.63) is 59.2 Å². The number of ether oxygens (including phenoxy) is 2. The van der Waals surface area contributed by atoms with Gasteiger partial charge in [-0.1, -0.05) is 23.7 Å². The molecule has 0 aliphatic carbocycles. The fourth-order valence-corrected chi connectivity index (χ4v) is 3.17. The molecule has 0 spiro atoms. The molecular weight excluding hydrogens is 434 g/mol. The maximum absolute atomic E-state index is 12.7. The van der Waals surface area contributed by atoms with Gasteiger partial charge in [-0.25, -0.2) is 9.13 Å². The van der Waals surface area contributed by atoms with Crippen molar-refractivity contribution in [3.63, 3.8) is 0 Å². The molecule has 140 valence electrons. The SMILES string of the molecule is Cn1c(-c2cccc(Cl)c2)c[n+](CC(=O)c2ccc3c(c2)OCO3)c1N.[Br-]. The number of nitrogen functional groups attached to an aromatic ring is 1. The Bertz CT molecular complexity index is 1020. The molecule has 3 aromatic rings. The van der Waals surface area contributed by atoms with Crippen molar-refractivity contribution in [2.75, 3.05) is 12.5 Å². The highest BCUT2D eigenvalue weighted by atomic mass is 79.9. The molecule has 2 N–H and O–H groups in total. The summed E-state index contributed by atoms with van der Waals surface area (Å²) in [7, 11) is 1.85. The lowest BCUT2D eigenvalue weighted by Crippen LogP contribution is -3.00. The zero-order chi connectivity index (χ0) is 18.3. The van der Waals surface area contributed by atoms with E-state index < -0.39 is 0 Å². The van der Waals surface area contributed by atoms with E-state index in [0.29, 0.717) is 28.0 Å². The first-order valence-corrected chi connectivity index (χ1v) is 8.44. The van der Waals surface area contributed by atoms with Gasteiger partial charge in [-0.05, 0) is 30.3 Å². The number of ketones is 1. The number of Topliss-reactive ketones (excluding diaryl/α,β-unsaturated/α-hetero) is 1. The predicted molar refractivity (Wildman–Crippen MR) is 97.4 cm³/mol. The Morgan fingerprint density at radius 2 is 2.00 bits per heavy atom. The van der Waals surface area contributed by atoms with E-state index in [4.69, 9.17) is 26.8 Å². The zero-order valence-corrected chi connectivity index (χ0v) is 16.8. The third kappa shape index (κ3) is 3.65. The Kier molecular flexibility index (Phi) is 5.43. The molecule has 2 heterocycles. The number of rotatable bonds is 4. The van der Waals surface area contributed by atoms with Crippen molar-refractivity contribution in [2.24, 2.45) is 7.05 Å². The minimum atomic E-state index is -0.0664. The summed E-state index contributed by atoms with van der Waals surface area (Å²) in [5.74, 6) is 1.65. The lowest BCUT2D eigenvalue weighted by molar-refractivity contribution is -0.667. The summed E-state index contributed by atoms with van der Waals surface area (Å²) in [6.45, 7) is 0.302. The average molecular weight is 451 g/mol. The van der Waals surface area contributed by atoms with Crippen molar-refractivity contribution in [1.29, 1.82) is 0 Å². The van der Waals surface area contributed by atoms with Gasteiger partial charge in [-0.2, -0.15) is 0 Å². The van der Waals surface area contributed by atoms with Crippen LogP contribution in [0.4, 0.5) is 5.95 Å². The molecule has 0 amide bonds. The highest BCUT2D eigenvalue weighted by molar-refractivity contribution is 6.30. The first-order valence-electron chi connectivity index (χ1n) is 8.06. The van der Waals surface area contributed by atoms with E-state index in [9.17, 15) is 4.79 Å². The van der Waals surface area contributed by atoms with Gasteiger partial charge in [0.25, 0.3) is 0 Å². The number of benzene rings is 2. The summed E-state index contributed by atoms with van der Waals surface area (Å²) in [4.78, 5) is 12.7. The molecule has 0 unspecified atom stereocenters. The van der Waals surface area contributed by atoms with Gasteiger partial charge in [0.1, 0.15) is 18.4 Å². The maximum atomic E-state index is 12.7. The average Bonchev–Trinajstić information content (AvgIpc) is 3.21. The summed E-state index contributed by atoms with van der Waals surface area (Å²) in [6.07, 6.45) is 1.85. The third-order valence-corrected chi connectivity index (χ3v) is 4.64. The van der Waals surface area contributed by atoms with Gasteiger partial charge in [-0.15, -0.1) is 0 Å². The number of carbonyl (C=O) groups is 1. The van der Waals surface area contributed by atoms with Crippen LogP contribution in [0.15, 0.2) is 48.7 Å². The van der Waals surface area contributed by atoms with Gasteiger partial charge >= 0.3 is 5.95 Å².